The average Bonchev–Trinajstić information content (AvgIpc) is 3.02. The standard InChI is InChI=1S/C10H14BrN5O10P2/c11-10-15-4-7(12)13-2-14-8(4)16(10)9-5(17)6(26-28(21,22)23)3(25-9)1-24-27(18,19)20/h2-3,5-6,9,17H,1H2,(H2,12,13,14)(H2,18,19,20)(H2,21,22,23)/t3-,5-,6-,9-/m1/s1. The lowest BCUT2D eigenvalue weighted by atomic mass is 10.1. The lowest BCUT2D eigenvalue weighted by Gasteiger charge is -2.21. The van der Waals surface area contributed by atoms with E-state index in [1.54, 1.807) is 0 Å². The van der Waals surface area contributed by atoms with Crippen molar-refractivity contribution in [3.8, 4) is 0 Å². The topological polar surface area (TPSA) is 233 Å². The monoisotopic (exact) mass is 505 g/mol. The lowest BCUT2D eigenvalue weighted by molar-refractivity contribution is -0.0512. The lowest BCUT2D eigenvalue weighted by Crippen LogP contribution is -2.35. The molecule has 1 aliphatic heterocycles. The molecule has 0 saturated carbocycles. The van der Waals surface area contributed by atoms with Gasteiger partial charge in [-0.15, -0.1) is 0 Å². The first-order valence-electron chi connectivity index (χ1n) is 7.29. The van der Waals surface area contributed by atoms with Crippen molar-refractivity contribution >= 4 is 48.6 Å². The van der Waals surface area contributed by atoms with Gasteiger partial charge >= 0.3 is 15.6 Å². The first-order valence-corrected chi connectivity index (χ1v) is 11.1. The molecule has 1 saturated heterocycles. The fourth-order valence-electron chi connectivity index (χ4n) is 2.65. The van der Waals surface area contributed by atoms with Gasteiger partial charge in [0.2, 0.25) is 0 Å². The maximum Gasteiger partial charge on any atom is 0.470 e. The predicted molar refractivity (Wildman–Crippen MR) is 92.3 cm³/mol. The van der Waals surface area contributed by atoms with Crippen molar-refractivity contribution in [1.82, 2.24) is 19.5 Å². The predicted octanol–water partition coefficient (Wildman–Crippen LogP) is -0.984. The van der Waals surface area contributed by atoms with Crippen molar-refractivity contribution in [3.05, 3.63) is 11.1 Å². The highest BCUT2D eigenvalue weighted by atomic mass is 79.9. The Morgan fingerprint density at radius 1 is 1.25 bits per heavy atom. The van der Waals surface area contributed by atoms with Gasteiger partial charge in [0.1, 0.15) is 24.6 Å². The fourth-order valence-corrected chi connectivity index (χ4v) is 4.12. The summed E-state index contributed by atoms with van der Waals surface area (Å²) in [5, 5.41) is 10.5. The number of halogens is 1. The molecule has 0 unspecified atom stereocenters. The number of nitrogens with zero attached hydrogens (tertiary/aromatic N) is 4. The SMILES string of the molecule is Nc1ncnc2c1nc(Br)n2[C@@H]1O[C@H](COP(=O)(O)O)[C@@H](OP(=O)(O)O)[C@H]1O. The van der Waals surface area contributed by atoms with Crippen molar-refractivity contribution in [2.45, 2.75) is 24.5 Å². The molecule has 0 spiro atoms. The van der Waals surface area contributed by atoms with E-state index >= 15 is 0 Å². The first-order chi connectivity index (χ1) is 12.9. The van der Waals surface area contributed by atoms with E-state index in [0.717, 1.165) is 6.33 Å². The highest BCUT2D eigenvalue weighted by Crippen LogP contribution is 2.46. The molecule has 2 aromatic heterocycles. The number of aliphatic hydroxyl groups is 1. The molecule has 7 N–H and O–H groups in total. The van der Waals surface area contributed by atoms with E-state index in [4.69, 9.17) is 30.0 Å². The number of nitrogens with two attached hydrogens (primary N) is 1. The molecule has 0 amide bonds. The summed E-state index contributed by atoms with van der Waals surface area (Å²) in [7, 11) is -10.0. The fraction of sp³-hybridized carbons (Fsp3) is 0.500. The van der Waals surface area contributed by atoms with Crippen molar-refractivity contribution in [2.75, 3.05) is 12.3 Å². The maximum absolute atomic E-state index is 11.2. The molecule has 4 atom stereocenters. The third-order valence-corrected chi connectivity index (χ3v) is 5.26. The van der Waals surface area contributed by atoms with Crippen LogP contribution < -0.4 is 5.73 Å². The Morgan fingerprint density at radius 2 is 1.93 bits per heavy atom. The van der Waals surface area contributed by atoms with Gasteiger partial charge in [0.25, 0.3) is 0 Å². The van der Waals surface area contributed by atoms with Crippen molar-refractivity contribution in [1.29, 1.82) is 0 Å². The van der Waals surface area contributed by atoms with Gasteiger partial charge in [-0.05, 0) is 15.9 Å². The second-order valence-corrected chi connectivity index (χ2v) is 8.73. The summed E-state index contributed by atoms with van der Waals surface area (Å²) >= 11 is 3.14. The zero-order chi connectivity index (χ0) is 20.9. The second-order valence-electron chi connectivity index (χ2n) is 5.58. The Labute approximate surface area is 164 Å². The van der Waals surface area contributed by atoms with Crippen LogP contribution in [-0.4, -0.2) is 69.1 Å². The maximum atomic E-state index is 11.2. The minimum atomic E-state index is -5.10. The number of ether oxygens (including phenoxy) is 1. The van der Waals surface area contributed by atoms with Crippen molar-refractivity contribution in [3.63, 3.8) is 0 Å². The number of fused-ring (bicyclic) bond motifs is 1. The molecule has 15 nitrogen and oxygen atoms in total. The van der Waals surface area contributed by atoms with Crippen LogP contribution in [0.25, 0.3) is 11.2 Å². The van der Waals surface area contributed by atoms with Crippen LogP contribution in [0, 0.1) is 0 Å². The minimum absolute atomic E-state index is 0.0290. The highest BCUT2D eigenvalue weighted by molar-refractivity contribution is 9.10. The summed E-state index contributed by atoms with van der Waals surface area (Å²) in [6.45, 7) is -0.829. The summed E-state index contributed by atoms with van der Waals surface area (Å²) < 4.78 is 37.9. The summed E-state index contributed by atoms with van der Waals surface area (Å²) in [6, 6.07) is 0. The van der Waals surface area contributed by atoms with Crippen LogP contribution >= 0.6 is 31.6 Å². The molecule has 0 aliphatic carbocycles. The quantitative estimate of drug-likeness (QED) is 0.204. The number of nitrogen functional groups attached to an aromatic ring is 1. The average molecular weight is 506 g/mol. The van der Waals surface area contributed by atoms with Gasteiger partial charge in [0, 0.05) is 0 Å². The molecular formula is C10H14BrN5O10P2. The van der Waals surface area contributed by atoms with Gasteiger partial charge < -0.3 is 35.2 Å². The summed E-state index contributed by atoms with van der Waals surface area (Å²) in [5.41, 5.74) is 6.00. The van der Waals surface area contributed by atoms with E-state index in [-0.39, 0.29) is 21.7 Å². The number of aromatic nitrogens is 4. The largest absolute Gasteiger partial charge is 0.470 e. The van der Waals surface area contributed by atoms with E-state index in [0.29, 0.717) is 0 Å². The third kappa shape index (κ3) is 4.58. The van der Waals surface area contributed by atoms with Gasteiger partial charge in [0.05, 0.1) is 6.61 Å². The molecule has 0 bridgehead atoms. The van der Waals surface area contributed by atoms with Gasteiger partial charge in [-0.3, -0.25) is 13.6 Å². The number of hydrogen-bond donors (Lipinski definition) is 6. The number of phosphoric acid groups is 2. The minimum Gasteiger partial charge on any atom is -0.386 e. The van der Waals surface area contributed by atoms with Crippen LogP contribution in [0.5, 0.6) is 0 Å². The van der Waals surface area contributed by atoms with Crippen molar-refractivity contribution < 1.29 is 47.6 Å². The normalized spacial score (nSPS) is 26.2. The van der Waals surface area contributed by atoms with E-state index in [2.05, 4.69) is 39.9 Å². The molecule has 0 radical (unpaired) electrons. The molecule has 3 heterocycles. The molecule has 2 aromatic rings. The van der Waals surface area contributed by atoms with E-state index in [1.165, 1.54) is 4.57 Å². The number of rotatable bonds is 6. The molecule has 1 aliphatic rings. The molecule has 18 heteroatoms. The number of imidazole rings is 1. The number of hydrogen-bond acceptors (Lipinski definition) is 10. The number of anilines is 1. The first kappa shape index (κ1) is 21.7. The molecule has 28 heavy (non-hydrogen) atoms. The molecule has 0 aromatic carbocycles. The van der Waals surface area contributed by atoms with Crippen LogP contribution in [-0.2, 0) is 22.9 Å². The van der Waals surface area contributed by atoms with E-state index in [9.17, 15) is 14.2 Å². The van der Waals surface area contributed by atoms with E-state index < -0.39 is 46.8 Å². The Morgan fingerprint density at radius 3 is 2.54 bits per heavy atom. The van der Waals surface area contributed by atoms with Gasteiger partial charge in [-0.2, -0.15) is 0 Å². The Bertz CT molecular complexity index is 977. The zero-order valence-electron chi connectivity index (χ0n) is 13.5. The number of phosphoric ester groups is 2. The Hall–Kier alpha value is -1.03. The van der Waals surface area contributed by atoms with Crippen LogP contribution in [0.15, 0.2) is 11.1 Å². The van der Waals surface area contributed by atoms with Gasteiger partial charge in [-0.25, -0.2) is 24.1 Å². The third-order valence-electron chi connectivity index (χ3n) is 3.69. The number of aliphatic hydroxyl groups excluding tert-OH is 1. The van der Waals surface area contributed by atoms with Crippen LogP contribution in [0.2, 0.25) is 0 Å². The smallest absolute Gasteiger partial charge is 0.386 e. The van der Waals surface area contributed by atoms with Crippen LogP contribution in [0.4, 0.5) is 5.82 Å². The van der Waals surface area contributed by atoms with Crippen molar-refractivity contribution in [2.24, 2.45) is 0 Å². The van der Waals surface area contributed by atoms with Gasteiger partial charge in [-0.1, -0.05) is 0 Å². The van der Waals surface area contributed by atoms with Gasteiger partial charge in [0.15, 0.2) is 27.9 Å². The van der Waals surface area contributed by atoms with Crippen LogP contribution in [0.3, 0.4) is 0 Å². The zero-order valence-corrected chi connectivity index (χ0v) is 16.9. The summed E-state index contributed by atoms with van der Waals surface area (Å²) in [4.78, 5) is 47.7. The molecule has 3 rings (SSSR count). The Balaban J connectivity index is 1.98. The molecule has 156 valence electrons. The highest BCUT2D eigenvalue weighted by Gasteiger charge is 2.50. The van der Waals surface area contributed by atoms with E-state index in [1.807, 2.05) is 0 Å². The summed E-state index contributed by atoms with van der Waals surface area (Å²) in [6.07, 6.45) is -5.09. The molecular weight excluding hydrogens is 492 g/mol. The molecule has 1 fully saturated rings. The van der Waals surface area contributed by atoms with Crippen LogP contribution in [0.1, 0.15) is 6.23 Å². The second kappa shape index (κ2) is 7.66. The summed E-state index contributed by atoms with van der Waals surface area (Å²) in [5.74, 6) is 0.0290. The Kier molecular flexibility index (Phi) is 5.93.